The number of aliphatic hydroxyl groups excluding tert-OH is 1. The number of rotatable bonds is 11. The lowest BCUT2D eigenvalue weighted by Gasteiger charge is -2.31. The maximum absolute atomic E-state index is 13.2. The number of hydrogen-bond acceptors (Lipinski definition) is 7. The number of ketones is 1. The second kappa shape index (κ2) is 12.3. The van der Waals surface area contributed by atoms with Crippen LogP contribution >= 0.6 is 0 Å². The van der Waals surface area contributed by atoms with Crippen molar-refractivity contribution in [1.29, 1.82) is 0 Å². The van der Waals surface area contributed by atoms with E-state index in [2.05, 4.69) is 10.3 Å². The molecule has 0 aliphatic carbocycles. The second-order valence-electron chi connectivity index (χ2n) is 8.04. The molecular formula is C24H31N3O6. The van der Waals surface area contributed by atoms with Crippen molar-refractivity contribution in [3.8, 4) is 0 Å². The molecule has 3 rings (SSSR count). The number of aryl methyl sites for hydroxylation is 1. The summed E-state index contributed by atoms with van der Waals surface area (Å²) in [4.78, 5) is 44.1. The smallest absolute Gasteiger partial charge is 0.265 e. The molecule has 1 aromatic carbocycles. The molecule has 178 valence electrons. The highest BCUT2D eigenvalue weighted by molar-refractivity contribution is 5.99. The van der Waals surface area contributed by atoms with Crippen LogP contribution in [0.2, 0.25) is 0 Å². The zero-order chi connectivity index (χ0) is 23.6. The van der Waals surface area contributed by atoms with Gasteiger partial charge >= 0.3 is 0 Å². The second-order valence-corrected chi connectivity index (χ2v) is 8.04. The fourth-order valence-corrected chi connectivity index (χ4v) is 3.87. The van der Waals surface area contributed by atoms with Crippen molar-refractivity contribution in [2.24, 2.45) is 5.92 Å². The number of morpholine rings is 1. The van der Waals surface area contributed by atoms with Crippen LogP contribution in [-0.2, 0) is 20.7 Å². The molecule has 1 fully saturated rings. The number of nitrogens with one attached hydrogen (secondary N) is 1. The predicted molar refractivity (Wildman–Crippen MR) is 119 cm³/mol. The number of oxazole rings is 1. The van der Waals surface area contributed by atoms with Gasteiger partial charge in [-0.15, -0.1) is 0 Å². The van der Waals surface area contributed by atoms with Gasteiger partial charge in [0.2, 0.25) is 11.7 Å². The minimum Gasteiger partial charge on any atom is -0.442 e. The van der Waals surface area contributed by atoms with E-state index in [9.17, 15) is 19.5 Å². The van der Waals surface area contributed by atoms with Gasteiger partial charge in [0.15, 0.2) is 0 Å². The first kappa shape index (κ1) is 24.6. The number of Topliss-reactive ketones (excluding diaryl/α,β-unsaturated/α-hetero) is 1. The molecule has 1 aliphatic rings. The van der Waals surface area contributed by atoms with Crippen molar-refractivity contribution >= 4 is 17.6 Å². The average Bonchev–Trinajstić information content (AvgIpc) is 3.40. The van der Waals surface area contributed by atoms with Gasteiger partial charge in [0.05, 0.1) is 31.4 Å². The van der Waals surface area contributed by atoms with Crippen LogP contribution in [0.3, 0.4) is 0 Å². The average molecular weight is 458 g/mol. The first-order valence-electron chi connectivity index (χ1n) is 11.3. The number of ether oxygens (including phenoxy) is 1. The Balaban J connectivity index is 1.70. The van der Waals surface area contributed by atoms with Crippen molar-refractivity contribution in [1.82, 2.24) is 15.2 Å². The quantitative estimate of drug-likeness (QED) is 0.492. The molecule has 1 saturated heterocycles. The first-order valence-corrected chi connectivity index (χ1v) is 11.3. The molecule has 1 aromatic heterocycles. The molecule has 9 nitrogen and oxygen atoms in total. The van der Waals surface area contributed by atoms with E-state index in [1.165, 1.54) is 17.4 Å². The van der Waals surface area contributed by atoms with Gasteiger partial charge in [-0.3, -0.25) is 14.4 Å². The number of aliphatic hydroxyl groups is 1. The van der Waals surface area contributed by atoms with Crippen LogP contribution in [0.5, 0.6) is 0 Å². The largest absolute Gasteiger partial charge is 0.442 e. The van der Waals surface area contributed by atoms with Crippen molar-refractivity contribution in [2.45, 2.75) is 44.8 Å². The van der Waals surface area contributed by atoms with Gasteiger partial charge < -0.3 is 24.5 Å². The molecular weight excluding hydrogens is 426 g/mol. The van der Waals surface area contributed by atoms with Gasteiger partial charge in [0, 0.05) is 13.1 Å². The summed E-state index contributed by atoms with van der Waals surface area (Å²) in [5, 5.41) is 13.6. The summed E-state index contributed by atoms with van der Waals surface area (Å²) in [5.74, 6) is -2.56. The van der Waals surface area contributed by atoms with E-state index in [-0.39, 0.29) is 5.89 Å². The van der Waals surface area contributed by atoms with Gasteiger partial charge in [-0.05, 0) is 31.2 Å². The monoisotopic (exact) mass is 457 g/mol. The van der Waals surface area contributed by atoms with E-state index in [0.29, 0.717) is 52.0 Å². The Hall–Kier alpha value is -3.04. The number of amides is 2. The van der Waals surface area contributed by atoms with Crippen LogP contribution in [0.25, 0.3) is 0 Å². The number of hydrogen-bond donors (Lipinski definition) is 2. The van der Waals surface area contributed by atoms with Gasteiger partial charge in [0.25, 0.3) is 11.8 Å². The molecule has 3 atom stereocenters. The Bertz CT molecular complexity index is 896. The summed E-state index contributed by atoms with van der Waals surface area (Å²) in [5.41, 5.74) is 1.11. The third-order valence-electron chi connectivity index (χ3n) is 5.80. The highest BCUT2D eigenvalue weighted by Gasteiger charge is 2.36. The fraction of sp³-hybridized carbons (Fsp3) is 0.500. The minimum atomic E-state index is -1.51. The molecule has 1 aliphatic heterocycles. The maximum Gasteiger partial charge on any atom is 0.265 e. The van der Waals surface area contributed by atoms with E-state index in [0.717, 1.165) is 5.56 Å². The Morgan fingerprint density at radius 3 is 2.55 bits per heavy atom. The van der Waals surface area contributed by atoms with E-state index in [4.69, 9.17) is 9.15 Å². The summed E-state index contributed by atoms with van der Waals surface area (Å²) in [6, 6.07) is 8.94. The predicted octanol–water partition coefficient (Wildman–Crippen LogP) is 1.61. The van der Waals surface area contributed by atoms with Gasteiger partial charge in [-0.1, -0.05) is 37.3 Å². The summed E-state index contributed by atoms with van der Waals surface area (Å²) >= 11 is 0. The summed E-state index contributed by atoms with van der Waals surface area (Å²) in [6.07, 6.45) is 3.06. The molecule has 2 aromatic rings. The number of nitrogens with zero attached hydrogens (tertiary/aromatic N) is 2. The Labute approximate surface area is 193 Å². The zero-order valence-corrected chi connectivity index (χ0v) is 18.8. The van der Waals surface area contributed by atoms with Gasteiger partial charge in [-0.25, -0.2) is 4.98 Å². The Morgan fingerprint density at radius 2 is 1.91 bits per heavy atom. The van der Waals surface area contributed by atoms with E-state index in [1.807, 2.05) is 30.3 Å². The number of benzene rings is 1. The topological polar surface area (TPSA) is 122 Å². The SMILES string of the molecule is CC[C@H](NC(=O)[C@@H](CCCc1ccccc1)[C@@H](O)C(=O)N1CCOCC1)C(=O)c1ncco1. The van der Waals surface area contributed by atoms with E-state index in [1.54, 1.807) is 6.92 Å². The minimum absolute atomic E-state index is 0.0901. The van der Waals surface area contributed by atoms with Crippen molar-refractivity contribution in [3.63, 3.8) is 0 Å². The highest BCUT2D eigenvalue weighted by Crippen LogP contribution is 2.19. The van der Waals surface area contributed by atoms with Crippen molar-refractivity contribution in [3.05, 3.63) is 54.2 Å². The molecule has 2 amide bonds. The van der Waals surface area contributed by atoms with Gasteiger partial charge in [-0.2, -0.15) is 0 Å². The molecule has 2 N–H and O–H groups in total. The molecule has 2 heterocycles. The molecule has 0 saturated carbocycles. The maximum atomic E-state index is 13.2. The standard InChI is InChI=1S/C24H31N3O6/c1-2-19(21(29)23-25-11-14-33-23)26-22(30)18(10-6-9-17-7-4-3-5-8-17)20(28)24(31)27-12-15-32-16-13-27/h3-5,7-8,11,14,18-20,28H,2,6,9-10,12-13,15-16H2,1H3,(H,26,30)/t18-,19-,20+/m0/s1. The molecule has 33 heavy (non-hydrogen) atoms. The lowest BCUT2D eigenvalue weighted by molar-refractivity contribution is -0.151. The Morgan fingerprint density at radius 1 is 1.18 bits per heavy atom. The summed E-state index contributed by atoms with van der Waals surface area (Å²) < 4.78 is 10.3. The molecule has 0 unspecified atom stereocenters. The third-order valence-corrected chi connectivity index (χ3v) is 5.80. The van der Waals surface area contributed by atoms with Gasteiger partial charge in [0.1, 0.15) is 12.4 Å². The normalized spacial score (nSPS) is 16.6. The highest BCUT2D eigenvalue weighted by atomic mass is 16.5. The summed E-state index contributed by atoms with van der Waals surface area (Å²) in [7, 11) is 0. The van der Waals surface area contributed by atoms with Crippen LogP contribution in [0.15, 0.2) is 47.2 Å². The van der Waals surface area contributed by atoms with Crippen molar-refractivity contribution < 1.29 is 28.6 Å². The molecule has 0 radical (unpaired) electrons. The van der Waals surface area contributed by atoms with Crippen LogP contribution in [0, 0.1) is 5.92 Å². The molecule has 0 bridgehead atoms. The van der Waals surface area contributed by atoms with Crippen LogP contribution in [0.4, 0.5) is 0 Å². The fourth-order valence-electron chi connectivity index (χ4n) is 3.87. The van der Waals surface area contributed by atoms with Crippen LogP contribution < -0.4 is 5.32 Å². The van der Waals surface area contributed by atoms with Crippen LogP contribution in [-0.4, -0.2) is 71.0 Å². The third kappa shape index (κ3) is 6.72. The van der Waals surface area contributed by atoms with Crippen molar-refractivity contribution in [2.75, 3.05) is 26.3 Å². The number of carbonyl (C=O) groups excluding carboxylic acids is 3. The molecule has 9 heteroatoms. The lowest BCUT2D eigenvalue weighted by atomic mass is 9.92. The summed E-state index contributed by atoms with van der Waals surface area (Å²) in [6.45, 7) is 3.28. The molecule has 0 spiro atoms. The zero-order valence-electron chi connectivity index (χ0n) is 18.8. The van der Waals surface area contributed by atoms with Crippen LogP contribution in [0.1, 0.15) is 42.4 Å². The Kier molecular flexibility index (Phi) is 9.14. The van der Waals surface area contributed by atoms with E-state index < -0.39 is 35.7 Å². The first-order chi connectivity index (χ1) is 16.0. The lowest BCUT2D eigenvalue weighted by Crippen LogP contribution is -2.52. The van der Waals surface area contributed by atoms with E-state index >= 15 is 0 Å². The number of aromatic nitrogens is 1. The number of carbonyl (C=O) groups is 3.